The standard InChI is InChI=1S/C19H20N4OS/c24-19(23-11-3-7-18(23)16-8-12-25-14-16)21-17-6-2-1-5-15(17)13-22-10-4-9-20-22/h1-2,4-6,8-10,12,14,18H,3,7,11,13H2,(H,21,24)/t18-/m1/s1. The van der Waals surface area contributed by atoms with Gasteiger partial charge >= 0.3 is 6.03 Å². The Labute approximate surface area is 150 Å². The smallest absolute Gasteiger partial charge is 0.317 e. The van der Waals surface area contributed by atoms with Crippen LogP contribution >= 0.6 is 11.3 Å². The van der Waals surface area contributed by atoms with E-state index >= 15 is 0 Å². The summed E-state index contributed by atoms with van der Waals surface area (Å²) in [7, 11) is 0. The summed E-state index contributed by atoms with van der Waals surface area (Å²) in [4.78, 5) is 14.8. The van der Waals surface area contributed by atoms with Crippen molar-refractivity contribution in [3.8, 4) is 0 Å². The summed E-state index contributed by atoms with van der Waals surface area (Å²) in [6.45, 7) is 1.44. The quantitative estimate of drug-likeness (QED) is 0.758. The number of aromatic nitrogens is 2. The number of amides is 2. The Morgan fingerprint density at radius 1 is 1.28 bits per heavy atom. The number of hydrogen-bond donors (Lipinski definition) is 1. The zero-order chi connectivity index (χ0) is 17.1. The Balaban J connectivity index is 1.51. The molecule has 0 radical (unpaired) electrons. The molecule has 1 N–H and O–H groups in total. The lowest BCUT2D eigenvalue weighted by molar-refractivity contribution is 0.207. The Hall–Kier alpha value is -2.60. The molecule has 3 aromatic rings. The van der Waals surface area contributed by atoms with E-state index in [0.717, 1.165) is 30.6 Å². The number of urea groups is 1. The van der Waals surface area contributed by atoms with E-state index in [9.17, 15) is 4.79 Å². The van der Waals surface area contributed by atoms with Crippen molar-refractivity contribution in [2.75, 3.05) is 11.9 Å². The van der Waals surface area contributed by atoms with Crippen LogP contribution in [-0.2, 0) is 6.54 Å². The molecule has 0 aliphatic carbocycles. The Kier molecular flexibility index (Phi) is 4.52. The van der Waals surface area contributed by atoms with Gasteiger partial charge in [-0.05, 0) is 52.9 Å². The lowest BCUT2D eigenvalue weighted by atomic mass is 10.1. The fourth-order valence-electron chi connectivity index (χ4n) is 3.36. The third-order valence-corrected chi connectivity index (χ3v) is 5.29. The number of rotatable bonds is 4. The minimum Gasteiger partial charge on any atom is -0.317 e. The summed E-state index contributed by atoms with van der Waals surface area (Å²) < 4.78 is 1.86. The van der Waals surface area contributed by atoms with Crippen molar-refractivity contribution < 1.29 is 4.79 Å². The summed E-state index contributed by atoms with van der Waals surface area (Å²) in [6.07, 6.45) is 5.75. The second-order valence-corrected chi connectivity index (χ2v) is 6.98. The van der Waals surface area contributed by atoms with E-state index < -0.39 is 0 Å². The van der Waals surface area contributed by atoms with E-state index in [1.165, 1.54) is 5.56 Å². The molecule has 1 fully saturated rings. The monoisotopic (exact) mass is 352 g/mol. The predicted octanol–water partition coefficient (Wildman–Crippen LogP) is 4.36. The van der Waals surface area contributed by atoms with Crippen molar-refractivity contribution in [2.24, 2.45) is 0 Å². The maximum absolute atomic E-state index is 12.9. The van der Waals surface area contributed by atoms with Crippen LogP contribution in [0.25, 0.3) is 0 Å². The van der Waals surface area contributed by atoms with Gasteiger partial charge in [-0.3, -0.25) is 4.68 Å². The Morgan fingerprint density at radius 3 is 3.00 bits per heavy atom. The number of nitrogens with one attached hydrogen (secondary N) is 1. The molecule has 6 heteroatoms. The first-order chi connectivity index (χ1) is 12.3. The summed E-state index contributed by atoms with van der Waals surface area (Å²) in [5.41, 5.74) is 3.13. The van der Waals surface area contributed by atoms with Crippen molar-refractivity contribution in [3.05, 3.63) is 70.7 Å². The third kappa shape index (κ3) is 3.44. The van der Waals surface area contributed by atoms with Crippen LogP contribution in [0, 0.1) is 0 Å². The number of thiophene rings is 1. The van der Waals surface area contributed by atoms with Crippen LogP contribution < -0.4 is 5.32 Å². The molecule has 0 saturated carbocycles. The van der Waals surface area contributed by atoms with E-state index in [4.69, 9.17) is 0 Å². The van der Waals surface area contributed by atoms with Gasteiger partial charge < -0.3 is 10.2 Å². The van der Waals surface area contributed by atoms with Gasteiger partial charge in [0.25, 0.3) is 0 Å². The molecule has 3 heterocycles. The van der Waals surface area contributed by atoms with E-state index in [-0.39, 0.29) is 12.1 Å². The van der Waals surface area contributed by atoms with Gasteiger partial charge in [0, 0.05) is 24.6 Å². The van der Waals surface area contributed by atoms with E-state index in [1.807, 2.05) is 46.1 Å². The molecule has 2 amide bonds. The van der Waals surface area contributed by atoms with Crippen LogP contribution in [-0.4, -0.2) is 27.3 Å². The normalized spacial score (nSPS) is 17.0. The maximum Gasteiger partial charge on any atom is 0.322 e. The molecule has 0 bridgehead atoms. The third-order valence-electron chi connectivity index (χ3n) is 4.59. The minimum atomic E-state index is -0.0263. The molecular formula is C19H20N4OS. The van der Waals surface area contributed by atoms with Crippen molar-refractivity contribution in [1.29, 1.82) is 0 Å². The number of nitrogens with zero attached hydrogens (tertiary/aromatic N) is 3. The molecule has 1 saturated heterocycles. The highest BCUT2D eigenvalue weighted by molar-refractivity contribution is 7.08. The average molecular weight is 352 g/mol. The number of likely N-dealkylation sites (tertiary alicyclic amines) is 1. The zero-order valence-electron chi connectivity index (χ0n) is 13.8. The lowest BCUT2D eigenvalue weighted by Gasteiger charge is -2.25. The summed E-state index contributed by atoms with van der Waals surface area (Å²) in [5, 5.41) is 11.6. The Morgan fingerprint density at radius 2 is 2.20 bits per heavy atom. The predicted molar refractivity (Wildman–Crippen MR) is 99.8 cm³/mol. The number of hydrogen-bond acceptors (Lipinski definition) is 3. The topological polar surface area (TPSA) is 50.2 Å². The number of carbonyl (C=O) groups is 1. The first-order valence-corrected chi connectivity index (χ1v) is 9.40. The van der Waals surface area contributed by atoms with E-state index in [1.54, 1.807) is 17.5 Å². The number of para-hydroxylation sites is 1. The summed E-state index contributed by atoms with van der Waals surface area (Å²) >= 11 is 1.68. The maximum atomic E-state index is 12.9. The molecular weight excluding hydrogens is 332 g/mol. The molecule has 0 unspecified atom stereocenters. The van der Waals surface area contributed by atoms with Gasteiger partial charge in [0.1, 0.15) is 0 Å². The molecule has 1 aliphatic heterocycles. The van der Waals surface area contributed by atoms with Gasteiger partial charge in [-0.15, -0.1) is 0 Å². The van der Waals surface area contributed by atoms with Crippen LogP contribution in [0.5, 0.6) is 0 Å². The fraction of sp³-hybridized carbons (Fsp3) is 0.263. The van der Waals surface area contributed by atoms with Crippen molar-refractivity contribution in [3.63, 3.8) is 0 Å². The first kappa shape index (κ1) is 15.9. The number of carbonyl (C=O) groups excluding carboxylic acids is 1. The van der Waals surface area contributed by atoms with Crippen LogP contribution in [0.15, 0.2) is 59.6 Å². The molecule has 4 rings (SSSR count). The molecule has 0 spiro atoms. The molecule has 1 atom stereocenters. The molecule has 2 aromatic heterocycles. The molecule has 128 valence electrons. The second-order valence-electron chi connectivity index (χ2n) is 6.20. The van der Waals surface area contributed by atoms with Gasteiger partial charge in [0.05, 0.1) is 12.6 Å². The van der Waals surface area contributed by atoms with Gasteiger partial charge in [-0.25, -0.2) is 4.79 Å². The largest absolute Gasteiger partial charge is 0.322 e. The SMILES string of the molecule is O=C(Nc1ccccc1Cn1cccn1)N1CCC[C@@H]1c1ccsc1. The van der Waals surface area contributed by atoms with Crippen LogP contribution in [0.3, 0.4) is 0 Å². The highest BCUT2D eigenvalue weighted by Gasteiger charge is 2.30. The lowest BCUT2D eigenvalue weighted by Crippen LogP contribution is -2.34. The van der Waals surface area contributed by atoms with Gasteiger partial charge in [0.2, 0.25) is 0 Å². The van der Waals surface area contributed by atoms with Gasteiger partial charge in [-0.1, -0.05) is 18.2 Å². The Bertz CT molecular complexity index is 829. The van der Waals surface area contributed by atoms with Gasteiger partial charge in [0.15, 0.2) is 0 Å². The van der Waals surface area contributed by atoms with Crippen molar-refractivity contribution in [1.82, 2.24) is 14.7 Å². The van der Waals surface area contributed by atoms with Crippen molar-refractivity contribution in [2.45, 2.75) is 25.4 Å². The van der Waals surface area contributed by atoms with E-state index in [0.29, 0.717) is 6.54 Å². The average Bonchev–Trinajstić information content (AvgIpc) is 3.38. The number of benzene rings is 1. The zero-order valence-corrected chi connectivity index (χ0v) is 14.7. The van der Waals surface area contributed by atoms with Gasteiger partial charge in [-0.2, -0.15) is 16.4 Å². The molecule has 25 heavy (non-hydrogen) atoms. The van der Waals surface area contributed by atoms with Crippen LogP contribution in [0.4, 0.5) is 10.5 Å². The van der Waals surface area contributed by atoms with E-state index in [2.05, 4.69) is 27.2 Å². The van der Waals surface area contributed by atoms with Crippen LogP contribution in [0.1, 0.15) is 30.0 Å². The molecule has 5 nitrogen and oxygen atoms in total. The second kappa shape index (κ2) is 7.11. The van der Waals surface area contributed by atoms with Crippen LogP contribution in [0.2, 0.25) is 0 Å². The highest BCUT2D eigenvalue weighted by Crippen LogP contribution is 2.33. The fourth-order valence-corrected chi connectivity index (χ4v) is 4.06. The summed E-state index contributed by atoms with van der Waals surface area (Å²) in [6, 6.07) is 12.1. The minimum absolute atomic E-state index is 0.0263. The van der Waals surface area contributed by atoms with Crippen molar-refractivity contribution >= 4 is 23.1 Å². The first-order valence-electron chi connectivity index (χ1n) is 8.46. The highest BCUT2D eigenvalue weighted by atomic mass is 32.1. The summed E-state index contributed by atoms with van der Waals surface area (Å²) in [5.74, 6) is 0. The molecule has 1 aliphatic rings. The molecule has 1 aromatic carbocycles. The number of anilines is 1.